The zero-order valence-electron chi connectivity index (χ0n) is 14.3. The van der Waals surface area contributed by atoms with Gasteiger partial charge < -0.3 is 32.3 Å². The van der Waals surface area contributed by atoms with Crippen LogP contribution in [0.5, 0.6) is 5.75 Å². The lowest BCUT2D eigenvalue weighted by molar-refractivity contribution is -0.117. The number of phenolic OH excluding ortho intramolecular Hbond substituents is 1. The molecule has 0 bridgehead atoms. The lowest BCUT2D eigenvalue weighted by Gasteiger charge is -2.04. The van der Waals surface area contributed by atoms with Gasteiger partial charge in [0.1, 0.15) is 11.3 Å². The van der Waals surface area contributed by atoms with Gasteiger partial charge in [0, 0.05) is 18.5 Å². The minimum Gasteiger partial charge on any atom is -0.506 e. The molecule has 0 unspecified atom stereocenters. The number of Topliss-reactive ketones (excluding diaryl/α,β-unsaturated/α-hetero) is 1. The number of phenols is 1. The molecule has 11 nitrogen and oxygen atoms in total. The maximum atomic E-state index is 12.3. The van der Waals surface area contributed by atoms with E-state index in [1.165, 1.54) is 18.2 Å². The Morgan fingerprint density at radius 1 is 1.19 bits per heavy atom. The van der Waals surface area contributed by atoms with Crippen molar-refractivity contribution in [3.8, 4) is 5.75 Å². The largest absolute Gasteiger partial charge is 0.506 e. The number of aliphatic imine (C=N–C) groups is 1. The maximum Gasteiger partial charge on any atom is 0.292 e. The number of fused-ring (bicyclic) bond motifs is 1. The first-order valence-corrected chi connectivity index (χ1v) is 7.99. The number of aromatic nitrogens is 1. The number of unbranched alkanes of at least 4 members (excludes halogenated alkanes) is 1. The number of nitrogens with one attached hydrogen (secondary N) is 1. The highest BCUT2D eigenvalue weighted by Gasteiger charge is 2.22. The Bertz CT molecular complexity index is 917. The number of oxime groups is 1. The van der Waals surface area contributed by atoms with Crippen LogP contribution in [0.4, 0.5) is 0 Å². The normalized spacial score (nSPS) is 12.3. The van der Waals surface area contributed by atoms with Crippen molar-refractivity contribution in [1.82, 2.24) is 10.0 Å². The van der Waals surface area contributed by atoms with Crippen LogP contribution in [-0.2, 0) is 4.79 Å². The zero-order chi connectivity index (χ0) is 20.0. The topological polar surface area (TPSA) is 189 Å². The van der Waals surface area contributed by atoms with Crippen LogP contribution in [0.25, 0.3) is 10.9 Å². The third-order valence-corrected chi connectivity index (χ3v) is 3.76. The molecule has 144 valence electrons. The van der Waals surface area contributed by atoms with Crippen LogP contribution in [0.1, 0.15) is 23.2 Å². The van der Waals surface area contributed by atoms with Gasteiger partial charge in [-0.05, 0) is 18.9 Å². The Morgan fingerprint density at radius 2 is 1.93 bits per heavy atom. The lowest BCUT2D eigenvalue weighted by atomic mass is 10.1. The second kappa shape index (κ2) is 8.56. The van der Waals surface area contributed by atoms with Crippen molar-refractivity contribution >= 4 is 34.3 Å². The molecule has 0 atom stereocenters. The molecule has 27 heavy (non-hydrogen) atoms. The average molecular weight is 376 g/mol. The molecule has 0 spiro atoms. The van der Waals surface area contributed by atoms with Crippen LogP contribution < -0.4 is 16.8 Å². The average Bonchev–Trinajstić information content (AvgIpc) is 3.00. The van der Waals surface area contributed by atoms with Gasteiger partial charge in [0.2, 0.25) is 5.84 Å². The van der Waals surface area contributed by atoms with Crippen LogP contribution in [0, 0.1) is 0 Å². The van der Waals surface area contributed by atoms with E-state index in [9.17, 15) is 19.9 Å². The number of aromatic hydroxyl groups is 1. The molecular formula is C16H20N6O5. The minimum atomic E-state index is -0.828. The number of amides is 1. The Labute approximate surface area is 153 Å². The minimum absolute atomic E-state index is 0.0166. The summed E-state index contributed by atoms with van der Waals surface area (Å²) in [5.74, 6) is -2.22. The van der Waals surface area contributed by atoms with Crippen LogP contribution in [0.2, 0.25) is 0 Å². The molecule has 11 heteroatoms. The molecule has 8 N–H and O–H groups in total. The molecule has 0 aliphatic rings. The highest BCUT2D eigenvalue weighted by Crippen LogP contribution is 2.28. The highest BCUT2D eigenvalue weighted by atomic mass is 16.5. The monoisotopic (exact) mass is 376 g/mol. The molecule has 2 rings (SSSR count). The number of ketones is 1. The van der Waals surface area contributed by atoms with Gasteiger partial charge in [0.15, 0.2) is 5.84 Å². The van der Waals surface area contributed by atoms with E-state index < -0.39 is 11.7 Å². The van der Waals surface area contributed by atoms with Crippen LogP contribution in [-0.4, -0.2) is 56.7 Å². The fourth-order valence-corrected chi connectivity index (χ4v) is 2.40. The van der Waals surface area contributed by atoms with Crippen molar-refractivity contribution in [3.63, 3.8) is 0 Å². The predicted octanol–water partition coefficient (Wildman–Crippen LogP) is -0.233. The molecule has 1 aromatic heterocycles. The Balaban J connectivity index is 1.89. The maximum absolute atomic E-state index is 12.3. The van der Waals surface area contributed by atoms with Crippen molar-refractivity contribution in [3.05, 3.63) is 30.0 Å². The van der Waals surface area contributed by atoms with Gasteiger partial charge >= 0.3 is 0 Å². The van der Waals surface area contributed by atoms with Crippen molar-refractivity contribution in [1.29, 1.82) is 0 Å². The number of para-hydroxylation sites is 1. The van der Waals surface area contributed by atoms with Gasteiger partial charge in [0.25, 0.3) is 11.7 Å². The number of rotatable bonds is 7. The molecule has 1 aromatic carbocycles. The Hall–Kier alpha value is -3.76. The number of nitrogens with two attached hydrogens (primary N) is 2. The van der Waals surface area contributed by atoms with Crippen LogP contribution >= 0.6 is 0 Å². The smallest absolute Gasteiger partial charge is 0.292 e. The van der Waals surface area contributed by atoms with Gasteiger partial charge in [0.05, 0.1) is 11.8 Å². The van der Waals surface area contributed by atoms with Crippen molar-refractivity contribution in [2.45, 2.75) is 12.8 Å². The van der Waals surface area contributed by atoms with E-state index >= 15 is 0 Å². The van der Waals surface area contributed by atoms with E-state index in [1.807, 2.05) is 0 Å². The molecule has 1 heterocycles. The van der Waals surface area contributed by atoms with Crippen molar-refractivity contribution < 1.29 is 25.1 Å². The summed E-state index contributed by atoms with van der Waals surface area (Å²) >= 11 is 0. The third-order valence-electron chi connectivity index (χ3n) is 3.76. The van der Waals surface area contributed by atoms with Crippen molar-refractivity contribution in [2.24, 2.45) is 21.6 Å². The first kappa shape index (κ1) is 19.6. The summed E-state index contributed by atoms with van der Waals surface area (Å²) in [5, 5.41) is 33.4. The highest BCUT2D eigenvalue weighted by molar-refractivity contribution is 6.45. The number of amidine groups is 2. The van der Waals surface area contributed by atoms with E-state index in [0.29, 0.717) is 24.1 Å². The first-order valence-electron chi connectivity index (χ1n) is 7.99. The van der Waals surface area contributed by atoms with Gasteiger partial charge in [-0.25, -0.2) is 0 Å². The number of nitrogens with zero attached hydrogens (tertiary/aromatic N) is 3. The summed E-state index contributed by atoms with van der Waals surface area (Å²) in [7, 11) is 0. The van der Waals surface area contributed by atoms with Crippen LogP contribution in [0.15, 0.2) is 34.5 Å². The van der Waals surface area contributed by atoms with E-state index in [4.69, 9.17) is 16.7 Å². The number of carbonyl (C=O) groups excluding carboxylic acids is 2. The van der Waals surface area contributed by atoms with Gasteiger partial charge in [-0.3, -0.25) is 14.6 Å². The summed E-state index contributed by atoms with van der Waals surface area (Å²) in [5.41, 5.74) is 10.7. The summed E-state index contributed by atoms with van der Waals surface area (Å²) in [4.78, 5) is 28.2. The van der Waals surface area contributed by atoms with E-state index in [-0.39, 0.29) is 40.4 Å². The second-order valence-corrected chi connectivity index (χ2v) is 5.60. The Morgan fingerprint density at radius 3 is 2.63 bits per heavy atom. The molecule has 0 radical (unpaired) electrons. The van der Waals surface area contributed by atoms with E-state index in [1.54, 1.807) is 0 Å². The first-order chi connectivity index (χ1) is 12.9. The fraction of sp³-hybridized carbons (Fsp3) is 0.250. The van der Waals surface area contributed by atoms with Gasteiger partial charge in [-0.2, -0.15) is 4.73 Å². The lowest BCUT2D eigenvalue weighted by Crippen LogP contribution is -2.32. The fourth-order valence-electron chi connectivity index (χ4n) is 2.40. The summed E-state index contributed by atoms with van der Waals surface area (Å²) < 4.78 is 0.606. The zero-order valence-corrected chi connectivity index (χ0v) is 14.3. The summed E-state index contributed by atoms with van der Waals surface area (Å²) in [6.45, 7) is 0.537. The summed E-state index contributed by atoms with van der Waals surface area (Å²) in [6, 6.07) is 4.39. The quantitative estimate of drug-likeness (QED) is 0.0562. The molecule has 0 saturated heterocycles. The van der Waals surface area contributed by atoms with Crippen molar-refractivity contribution in [2.75, 3.05) is 13.1 Å². The number of hydrogen-bond acceptors (Lipinski definition) is 7. The predicted molar refractivity (Wildman–Crippen MR) is 97.3 cm³/mol. The molecule has 0 aliphatic heterocycles. The van der Waals surface area contributed by atoms with E-state index in [2.05, 4.69) is 15.5 Å². The molecule has 0 saturated carbocycles. The number of benzene rings is 1. The second-order valence-electron chi connectivity index (χ2n) is 5.60. The third kappa shape index (κ3) is 4.45. The SMILES string of the molecule is NC(=NCCCCNC(=O)C(=O)c1cn(O)c2c(O)cccc12)/C(N)=N/O. The molecule has 2 aromatic rings. The number of carbonyl (C=O) groups is 2. The summed E-state index contributed by atoms with van der Waals surface area (Å²) in [6.07, 6.45) is 2.16. The molecule has 1 amide bonds. The molecule has 0 aliphatic carbocycles. The standard InChI is InChI=1S/C16H20N6O5/c17-14(15(18)21-26)19-6-1-2-7-20-16(25)13(24)10-8-22(27)12-9(10)4-3-5-11(12)23/h3-5,8,23,26-27H,1-2,6-7H2,(H2,17,19)(H2,18,21)(H,20,25). The molecular weight excluding hydrogens is 356 g/mol. The molecule has 0 fully saturated rings. The Kier molecular flexibility index (Phi) is 6.20. The van der Waals surface area contributed by atoms with Crippen LogP contribution in [0.3, 0.4) is 0 Å². The van der Waals surface area contributed by atoms with E-state index in [0.717, 1.165) is 6.20 Å². The van der Waals surface area contributed by atoms with Gasteiger partial charge in [-0.1, -0.05) is 17.3 Å². The number of hydrogen-bond donors (Lipinski definition) is 6. The van der Waals surface area contributed by atoms with Gasteiger partial charge in [-0.15, -0.1) is 0 Å².